The molecule has 0 bridgehead atoms. The number of methoxy groups -OCH3 is 1. The van der Waals surface area contributed by atoms with Gasteiger partial charge in [-0.2, -0.15) is 0 Å². The third-order valence-corrected chi connectivity index (χ3v) is 9.04. The first-order valence-corrected chi connectivity index (χ1v) is 15.1. The van der Waals surface area contributed by atoms with Crippen molar-refractivity contribution in [3.63, 3.8) is 0 Å². The molecule has 1 saturated carbocycles. The van der Waals surface area contributed by atoms with Gasteiger partial charge in [-0.3, -0.25) is 19.0 Å². The molecule has 2 aromatic carbocycles. The summed E-state index contributed by atoms with van der Waals surface area (Å²) in [5, 5.41) is 7.42. The first-order valence-electron chi connectivity index (χ1n) is 13.3. The van der Waals surface area contributed by atoms with Crippen LogP contribution in [0.2, 0.25) is 0 Å². The SMILES string of the molecule is COc1ccccc1NC(=O)CSc1nc2c(sc3ccccc32)c(=O)n1CCCC(=O)NC1CCCCC1. The highest BCUT2D eigenvalue weighted by atomic mass is 32.2. The van der Waals surface area contributed by atoms with Crippen LogP contribution in [0.15, 0.2) is 58.5 Å². The second-order valence-corrected chi connectivity index (χ2v) is 11.7. The minimum absolute atomic E-state index is 0.0243. The van der Waals surface area contributed by atoms with Crippen LogP contribution in [0.25, 0.3) is 20.3 Å². The monoisotopic (exact) mass is 564 g/mol. The molecule has 2 amide bonds. The van der Waals surface area contributed by atoms with Gasteiger partial charge < -0.3 is 15.4 Å². The Morgan fingerprint density at radius 1 is 1.08 bits per heavy atom. The van der Waals surface area contributed by atoms with Crippen LogP contribution in [-0.4, -0.2) is 40.3 Å². The normalized spacial score (nSPS) is 14.0. The van der Waals surface area contributed by atoms with E-state index >= 15 is 0 Å². The number of carbonyl (C=O) groups excluding carboxylic acids is 2. The maximum absolute atomic E-state index is 13.6. The maximum atomic E-state index is 13.6. The molecule has 0 saturated heterocycles. The lowest BCUT2D eigenvalue weighted by atomic mass is 9.95. The van der Waals surface area contributed by atoms with E-state index in [2.05, 4.69) is 10.6 Å². The number of nitrogens with zero attached hydrogens (tertiary/aromatic N) is 2. The molecular formula is C29H32N4O4S2. The number of hydrogen-bond donors (Lipinski definition) is 2. The molecule has 2 heterocycles. The first-order chi connectivity index (χ1) is 19.0. The largest absolute Gasteiger partial charge is 0.495 e. The lowest BCUT2D eigenvalue weighted by Gasteiger charge is -2.22. The fourth-order valence-electron chi connectivity index (χ4n) is 4.97. The minimum Gasteiger partial charge on any atom is -0.495 e. The van der Waals surface area contributed by atoms with Crippen LogP contribution in [0.1, 0.15) is 44.9 Å². The van der Waals surface area contributed by atoms with Crippen LogP contribution in [-0.2, 0) is 16.1 Å². The molecule has 2 aromatic heterocycles. The molecule has 0 atom stereocenters. The van der Waals surface area contributed by atoms with Gasteiger partial charge in [0.15, 0.2) is 5.16 Å². The van der Waals surface area contributed by atoms with Crippen molar-refractivity contribution < 1.29 is 14.3 Å². The number of anilines is 1. The van der Waals surface area contributed by atoms with Gasteiger partial charge in [-0.1, -0.05) is 61.4 Å². The van der Waals surface area contributed by atoms with Crippen molar-refractivity contribution in [2.24, 2.45) is 0 Å². The summed E-state index contributed by atoms with van der Waals surface area (Å²) >= 11 is 2.65. The lowest BCUT2D eigenvalue weighted by Crippen LogP contribution is -2.36. The van der Waals surface area contributed by atoms with E-state index in [-0.39, 0.29) is 29.2 Å². The summed E-state index contributed by atoms with van der Waals surface area (Å²) in [6.45, 7) is 0.352. The second-order valence-electron chi connectivity index (χ2n) is 9.67. The number of ether oxygens (including phenoxy) is 1. The third-order valence-electron chi connectivity index (χ3n) is 6.92. The summed E-state index contributed by atoms with van der Waals surface area (Å²) < 4.78 is 8.52. The molecule has 1 aliphatic carbocycles. The van der Waals surface area contributed by atoms with E-state index in [1.807, 2.05) is 36.4 Å². The van der Waals surface area contributed by atoms with E-state index < -0.39 is 0 Å². The molecule has 0 spiro atoms. The Kier molecular flexibility index (Phi) is 8.83. The van der Waals surface area contributed by atoms with Gasteiger partial charge >= 0.3 is 0 Å². The van der Waals surface area contributed by atoms with Crippen molar-refractivity contribution in [2.45, 2.75) is 62.7 Å². The van der Waals surface area contributed by atoms with Crippen molar-refractivity contribution in [2.75, 3.05) is 18.2 Å². The zero-order chi connectivity index (χ0) is 27.2. The van der Waals surface area contributed by atoms with Crippen LogP contribution < -0.4 is 20.9 Å². The Morgan fingerprint density at radius 3 is 2.67 bits per heavy atom. The average molecular weight is 565 g/mol. The van der Waals surface area contributed by atoms with Crippen LogP contribution in [0.4, 0.5) is 5.69 Å². The third kappa shape index (κ3) is 6.45. The number of nitrogens with one attached hydrogen (secondary N) is 2. The number of carbonyl (C=O) groups is 2. The summed E-state index contributed by atoms with van der Waals surface area (Å²) in [6, 6.07) is 15.3. The maximum Gasteiger partial charge on any atom is 0.272 e. The zero-order valence-corrected chi connectivity index (χ0v) is 23.5. The van der Waals surface area contributed by atoms with Crippen molar-refractivity contribution in [1.82, 2.24) is 14.9 Å². The van der Waals surface area contributed by atoms with Gasteiger partial charge in [0.05, 0.1) is 24.1 Å². The van der Waals surface area contributed by atoms with Crippen LogP contribution in [0.3, 0.4) is 0 Å². The number of fused-ring (bicyclic) bond motifs is 3. The van der Waals surface area contributed by atoms with Crippen LogP contribution in [0.5, 0.6) is 5.75 Å². The molecule has 39 heavy (non-hydrogen) atoms. The van der Waals surface area contributed by atoms with E-state index in [1.54, 1.807) is 23.8 Å². The van der Waals surface area contributed by atoms with Crippen LogP contribution in [0, 0.1) is 0 Å². The number of thiophene rings is 1. The molecule has 5 rings (SSSR count). The highest BCUT2D eigenvalue weighted by Crippen LogP contribution is 2.32. The molecule has 10 heteroatoms. The van der Waals surface area contributed by atoms with E-state index in [1.165, 1.54) is 29.5 Å². The van der Waals surface area contributed by atoms with Gasteiger partial charge in [0.1, 0.15) is 10.4 Å². The molecule has 0 aliphatic heterocycles. The minimum atomic E-state index is -0.229. The summed E-state index contributed by atoms with van der Waals surface area (Å²) in [4.78, 5) is 43.9. The fraction of sp³-hybridized carbons (Fsp3) is 0.379. The van der Waals surface area contributed by atoms with Crippen molar-refractivity contribution >= 4 is 60.9 Å². The number of thioether (sulfide) groups is 1. The molecular weight excluding hydrogens is 532 g/mol. The highest BCUT2D eigenvalue weighted by Gasteiger charge is 2.19. The van der Waals surface area contributed by atoms with E-state index in [0.717, 1.165) is 35.8 Å². The van der Waals surface area contributed by atoms with Gasteiger partial charge in [0, 0.05) is 29.1 Å². The molecule has 2 N–H and O–H groups in total. The summed E-state index contributed by atoms with van der Waals surface area (Å²) in [6.07, 6.45) is 6.48. The van der Waals surface area contributed by atoms with Gasteiger partial charge in [-0.15, -0.1) is 11.3 Å². The lowest BCUT2D eigenvalue weighted by molar-refractivity contribution is -0.122. The van der Waals surface area contributed by atoms with Gasteiger partial charge in [-0.25, -0.2) is 4.98 Å². The van der Waals surface area contributed by atoms with Gasteiger partial charge in [0.2, 0.25) is 11.8 Å². The zero-order valence-electron chi connectivity index (χ0n) is 21.9. The number of rotatable bonds is 10. The van der Waals surface area contributed by atoms with Gasteiger partial charge in [0.25, 0.3) is 5.56 Å². The number of amides is 2. The Balaban J connectivity index is 1.34. The molecule has 1 fully saturated rings. The number of benzene rings is 2. The van der Waals surface area contributed by atoms with Crippen LogP contribution >= 0.6 is 23.1 Å². The van der Waals surface area contributed by atoms with E-state index in [0.29, 0.717) is 46.2 Å². The summed E-state index contributed by atoms with van der Waals surface area (Å²) in [5.74, 6) is 0.437. The summed E-state index contributed by atoms with van der Waals surface area (Å²) in [5.41, 5.74) is 1.10. The fourth-order valence-corrected chi connectivity index (χ4v) is 6.88. The Hall–Kier alpha value is -3.37. The van der Waals surface area contributed by atoms with Crippen molar-refractivity contribution in [3.05, 3.63) is 58.9 Å². The highest BCUT2D eigenvalue weighted by molar-refractivity contribution is 7.99. The average Bonchev–Trinajstić information content (AvgIpc) is 3.33. The molecule has 4 aromatic rings. The molecule has 1 aliphatic rings. The number of para-hydroxylation sites is 2. The topological polar surface area (TPSA) is 102 Å². The van der Waals surface area contributed by atoms with Crippen molar-refractivity contribution in [3.8, 4) is 5.75 Å². The van der Waals surface area contributed by atoms with E-state index in [4.69, 9.17) is 9.72 Å². The Labute approximate surface area is 235 Å². The predicted octanol–water partition coefficient (Wildman–Crippen LogP) is 5.58. The van der Waals surface area contributed by atoms with Gasteiger partial charge in [-0.05, 0) is 37.5 Å². The molecule has 8 nitrogen and oxygen atoms in total. The Morgan fingerprint density at radius 2 is 1.85 bits per heavy atom. The number of aromatic nitrogens is 2. The quantitative estimate of drug-likeness (QED) is 0.193. The van der Waals surface area contributed by atoms with Crippen molar-refractivity contribution in [1.29, 1.82) is 0 Å². The standard InChI is InChI=1S/C29H32N4O4S2/c1-37-22-14-7-6-13-21(22)31-25(35)18-38-29-32-26-20-12-5-8-15-23(20)39-27(26)28(36)33(29)17-9-16-24(34)30-19-10-3-2-4-11-19/h5-8,12-15,19H,2-4,9-11,16-18H2,1H3,(H,30,34)(H,31,35). The first kappa shape index (κ1) is 27.2. The van der Waals surface area contributed by atoms with E-state index in [9.17, 15) is 14.4 Å². The predicted molar refractivity (Wildman–Crippen MR) is 158 cm³/mol. The summed E-state index contributed by atoms with van der Waals surface area (Å²) in [7, 11) is 1.55. The molecule has 0 radical (unpaired) electrons. The molecule has 0 unspecified atom stereocenters. The Bertz CT molecular complexity index is 1540. The number of hydrogen-bond acceptors (Lipinski definition) is 7. The second kappa shape index (κ2) is 12.7. The molecule has 204 valence electrons. The smallest absolute Gasteiger partial charge is 0.272 e.